The van der Waals surface area contributed by atoms with Gasteiger partial charge in [-0.05, 0) is 42.7 Å². The predicted molar refractivity (Wildman–Crippen MR) is 123 cm³/mol. The molecule has 172 valence electrons. The Morgan fingerprint density at radius 1 is 1.09 bits per heavy atom. The fourth-order valence-corrected chi connectivity index (χ4v) is 4.53. The zero-order valence-electron chi connectivity index (χ0n) is 18.6. The SMILES string of the molecule is COc1cc2ncc(-c3ccc(OC4CCN(C(=O)[C@H]5CCCO5)CC4)cc3)cc2cc1F. The van der Waals surface area contributed by atoms with E-state index in [-0.39, 0.29) is 23.9 Å². The fraction of sp³-hybridized carbons (Fsp3) is 0.385. The molecule has 2 fully saturated rings. The monoisotopic (exact) mass is 450 g/mol. The van der Waals surface area contributed by atoms with Gasteiger partial charge in [0.1, 0.15) is 18.0 Å². The number of piperidine rings is 1. The minimum absolute atomic E-state index is 0.0877. The zero-order chi connectivity index (χ0) is 22.8. The number of ether oxygens (including phenoxy) is 3. The van der Waals surface area contributed by atoms with Gasteiger partial charge < -0.3 is 19.1 Å². The van der Waals surface area contributed by atoms with Gasteiger partial charge >= 0.3 is 0 Å². The van der Waals surface area contributed by atoms with E-state index < -0.39 is 5.82 Å². The van der Waals surface area contributed by atoms with Crippen molar-refractivity contribution < 1.29 is 23.4 Å². The second-order valence-electron chi connectivity index (χ2n) is 8.57. The van der Waals surface area contributed by atoms with E-state index in [1.807, 2.05) is 35.2 Å². The average molecular weight is 451 g/mol. The zero-order valence-corrected chi connectivity index (χ0v) is 18.6. The van der Waals surface area contributed by atoms with E-state index in [4.69, 9.17) is 14.2 Å². The highest BCUT2D eigenvalue weighted by molar-refractivity contribution is 5.85. The number of likely N-dealkylation sites (tertiary alicyclic amines) is 1. The molecule has 1 amide bonds. The van der Waals surface area contributed by atoms with Crippen LogP contribution in [-0.4, -0.2) is 54.8 Å². The molecule has 2 saturated heterocycles. The van der Waals surface area contributed by atoms with Gasteiger partial charge in [-0.15, -0.1) is 0 Å². The van der Waals surface area contributed by atoms with Crippen molar-refractivity contribution >= 4 is 16.8 Å². The quantitative estimate of drug-likeness (QED) is 0.569. The van der Waals surface area contributed by atoms with E-state index in [0.29, 0.717) is 25.2 Å². The van der Waals surface area contributed by atoms with Crippen LogP contribution in [0, 0.1) is 5.82 Å². The second-order valence-corrected chi connectivity index (χ2v) is 8.57. The number of pyridine rings is 1. The Labute approximate surface area is 192 Å². The van der Waals surface area contributed by atoms with E-state index in [2.05, 4.69) is 4.98 Å². The van der Waals surface area contributed by atoms with Crippen molar-refractivity contribution in [2.75, 3.05) is 26.8 Å². The summed E-state index contributed by atoms with van der Waals surface area (Å²) >= 11 is 0. The molecular weight excluding hydrogens is 423 g/mol. The average Bonchev–Trinajstić information content (AvgIpc) is 3.39. The number of halogens is 1. The lowest BCUT2D eigenvalue weighted by Crippen LogP contribution is -2.45. The van der Waals surface area contributed by atoms with E-state index in [0.717, 1.165) is 47.9 Å². The van der Waals surface area contributed by atoms with Crippen molar-refractivity contribution in [2.45, 2.75) is 37.9 Å². The van der Waals surface area contributed by atoms with Crippen LogP contribution in [0.25, 0.3) is 22.0 Å². The molecule has 3 heterocycles. The van der Waals surface area contributed by atoms with Crippen LogP contribution in [0.5, 0.6) is 11.5 Å². The van der Waals surface area contributed by atoms with E-state index in [1.165, 1.54) is 13.2 Å². The van der Waals surface area contributed by atoms with E-state index >= 15 is 0 Å². The molecule has 0 spiro atoms. The number of nitrogens with zero attached hydrogens (tertiary/aromatic N) is 2. The van der Waals surface area contributed by atoms with Gasteiger partial charge in [-0.25, -0.2) is 4.39 Å². The summed E-state index contributed by atoms with van der Waals surface area (Å²) in [5.74, 6) is 0.701. The number of hydrogen-bond acceptors (Lipinski definition) is 5. The van der Waals surface area contributed by atoms with Crippen LogP contribution >= 0.6 is 0 Å². The number of amides is 1. The minimum atomic E-state index is -0.406. The summed E-state index contributed by atoms with van der Waals surface area (Å²) in [5.41, 5.74) is 2.56. The Balaban J connectivity index is 1.21. The molecule has 5 rings (SSSR count). The van der Waals surface area contributed by atoms with Crippen molar-refractivity contribution in [1.29, 1.82) is 0 Å². The third kappa shape index (κ3) is 4.64. The maximum absolute atomic E-state index is 14.1. The van der Waals surface area contributed by atoms with Crippen molar-refractivity contribution in [2.24, 2.45) is 0 Å². The molecule has 6 nitrogen and oxygen atoms in total. The van der Waals surface area contributed by atoms with Gasteiger partial charge in [-0.3, -0.25) is 9.78 Å². The van der Waals surface area contributed by atoms with Crippen molar-refractivity contribution in [3.8, 4) is 22.6 Å². The highest BCUT2D eigenvalue weighted by Gasteiger charge is 2.31. The molecule has 0 unspecified atom stereocenters. The summed E-state index contributed by atoms with van der Waals surface area (Å²) in [6, 6.07) is 12.8. The molecule has 33 heavy (non-hydrogen) atoms. The molecule has 2 aliphatic rings. The summed E-state index contributed by atoms with van der Waals surface area (Å²) in [5, 5.41) is 0.718. The van der Waals surface area contributed by atoms with Crippen LogP contribution in [-0.2, 0) is 9.53 Å². The largest absolute Gasteiger partial charge is 0.494 e. The number of carbonyl (C=O) groups excluding carboxylic acids is 1. The molecule has 0 radical (unpaired) electrons. The summed E-state index contributed by atoms with van der Waals surface area (Å²) < 4.78 is 30.8. The van der Waals surface area contributed by atoms with Gasteiger partial charge in [0.2, 0.25) is 0 Å². The lowest BCUT2D eigenvalue weighted by molar-refractivity contribution is -0.142. The molecule has 1 aromatic heterocycles. The van der Waals surface area contributed by atoms with Gasteiger partial charge in [-0.2, -0.15) is 0 Å². The number of carbonyl (C=O) groups is 1. The smallest absolute Gasteiger partial charge is 0.251 e. The number of rotatable bonds is 5. The third-order valence-electron chi connectivity index (χ3n) is 6.40. The Morgan fingerprint density at radius 3 is 2.58 bits per heavy atom. The van der Waals surface area contributed by atoms with E-state index in [9.17, 15) is 9.18 Å². The topological polar surface area (TPSA) is 60.9 Å². The van der Waals surface area contributed by atoms with Crippen molar-refractivity contribution in [3.05, 3.63) is 54.5 Å². The van der Waals surface area contributed by atoms with Gasteiger partial charge in [0.05, 0.1) is 12.6 Å². The normalized spacial score (nSPS) is 19.1. The van der Waals surface area contributed by atoms with Crippen LogP contribution in [0.1, 0.15) is 25.7 Å². The Bertz CT molecular complexity index is 1140. The molecular formula is C26H27FN2O4. The van der Waals surface area contributed by atoms with Gasteiger partial charge in [0.15, 0.2) is 11.6 Å². The Hall–Kier alpha value is -3.19. The third-order valence-corrected chi connectivity index (χ3v) is 6.40. The molecule has 0 saturated carbocycles. The van der Waals surface area contributed by atoms with Crippen LogP contribution < -0.4 is 9.47 Å². The summed E-state index contributed by atoms with van der Waals surface area (Å²) in [7, 11) is 1.44. The van der Waals surface area contributed by atoms with Gasteiger partial charge in [-0.1, -0.05) is 12.1 Å². The Kier molecular flexibility index (Phi) is 6.13. The maximum Gasteiger partial charge on any atom is 0.251 e. The standard InChI is InChI=1S/C26H27FN2O4/c1-31-25-15-23-18(14-22(25)27)13-19(16-28-23)17-4-6-20(7-5-17)33-21-8-10-29(11-9-21)26(30)24-3-2-12-32-24/h4-7,13-16,21,24H,2-3,8-12H2,1H3/t24-/m1/s1. The number of aromatic nitrogens is 1. The highest BCUT2D eigenvalue weighted by atomic mass is 19.1. The molecule has 3 aromatic rings. The highest BCUT2D eigenvalue weighted by Crippen LogP contribution is 2.29. The van der Waals surface area contributed by atoms with Gasteiger partial charge in [0.25, 0.3) is 5.91 Å². The number of hydrogen-bond donors (Lipinski definition) is 0. The molecule has 2 aliphatic heterocycles. The summed E-state index contributed by atoms with van der Waals surface area (Å²) in [6.07, 6.45) is 5.02. The van der Waals surface area contributed by atoms with Crippen LogP contribution in [0.15, 0.2) is 48.7 Å². The maximum atomic E-state index is 14.1. The molecule has 1 atom stereocenters. The first-order valence-electron chi connectivity index (χ1n) is 11.4. The molecule has 2 aromatic carbocycles. The molecule has 0 bridgehead atoms. The number of benzene rings is 2. The predicted octanol–water partition coefficient (Wildman–Crippen LogP) is 4.60. The van der Waals surface area contributed by atoms with Crippen LogP contribution in [0.4, 0.5) is 4.39 Å². The lowest BCUT2D eigenvalue weighted by atomic mass is 10.0. The number of methoxy groups -OCH3 is 1. The summed E-state index contributed by atoms with van der Waals surface area (Å²) in [6.45, 7) is 2.09. The summed E-state index contributed by atoms with van der Waals surface area (Å²) in [4.78, 5) is 18.9. The first-order valence-corrected chi connectivity index (χ1v) is 11.4. The first kappa shape index (κ1) is 21.6. The van der Waals surface area contributed by atoms with Crippen LogP contribution in [0.3, 0.4) is 0 Å². The Morgan fingerprint density at radius 2 is 1.88 bits per heavy atom. The lowest BCUT2D eigenvalue weighted by Gasteiger charge is -2.33. The molecule has 0 N–H and O–H groups in total. The molecule has 0 aliphatic carbocycles. The van der Waals surface area contributed by atoms with E-state index in [1.54, 1.807) is 12.3 Å². The van der Waals surface area contributed by atoms with Gasteiger partial charge in [0, 0.05) is 55.8 Å². The second kappa shape index (κ2) is 9.35. The first-order chi connectivity index (χ1) is 16.1. The van der Waals surface area contributed by atoms with Crippen molar-refractivity contribution in [1.82, 2.24) is 9.88 Å². The number of fused-ring (bicyclic) bond motifs is 1. The van der Waals surface area contributed by atoms with Crippen molar-refractivity contribution in [3.63, 3.8) is 0 Å². The minimum Gasteiger partial charge on any atom is -0.494 e. The van der Waals surface area contributed by atoms with Crippen LogP contribution in [0.2, 0.25) is 0 Å². The fourth-order valence-electron chi connectivity index (χ4n) is 4.53. The molecule has 7 heteroatoms.